The third kappa shape index (κ3) is 11.7. The van der Waals surface area contributed by atoms with Crippen LogP contribution in [0.3, 0.4) is 0 Å². The lowest BCUT2D eigenvalue weighted by Crippen LogP contribution is -2.48. The van der Waals surface area contributed by atoms with Crippen LogP contribution in [0.25, 0.3) is 22.5 Å². The minimum Gasteiger partial charge on any atom is -0.444 e. The monoisotopic (exact) mass is 723 g/mol. The van der Waals surface area contributed by atoms with Crippen molar-refractivity contribution in [2.45, 2.75) is 64.5 Å². The van der Waals surface area contributed by atoms with E-state index in [1.54, 1.807) is 29.2 Å². The van der Waals surface area contributed by atoms with Crippen molar-refractivity contribution in [3.8, 4) is 22.5 Å². The first-order valence-electron chi connectivity index (χ1n) is 17.9. The smallest absolute Gasteiger partial charge is 0.407 e. The molecule has 1 aromatic heterocycles. The number of nitrogens with one attached hydrogen (secondary N) is 5. The topological polar surface area (TPSA) is 183 Å². The Labute approximate surface area is 309 Å². The maximum Gasteiger partial charge on any atom is 0.407 e. The Morgan fingerprint density at radius 2 is 1.57 bits per heavy atom. The van der Waals surface area contributed by atoms with E-state index in [1.165, 1.54) is 0 Å². The molecule has 1 heterocycles. The Kier molecular flexibility index (Phi) is 12.9. The number of H-pyrrole nitrogens is 1. The van der Waals surface area contributed by atoms with E-state index in [4.69, 9.17) is 4.74 Å². The Bertz CT molecular complexity index is 1830. The first-order chi connectivity index (χ1) is 25.3. The Balaban J connectivity index is 1.26. The number of rotatable bonds is 13. The molecule has 280 valence electrons. The number of aromatic amines is 1. The molecule has 3 aromatic carbocycles. The molecular weight excluding hydrogens is 674 g/mol. The minimum absolute atomic E-state index is 0.112. The zero-order valence-corrected chi connectivity index (χ0v) is 30.9. The van der Waals surface area contributed by atoms with Gasteiger partial charge in [0.15, 0.2) is 0 Å². The van der Waals surface area contributed by atoms with Crippen LogP contribution in [0, 0.1) is 11.8 Å². The lowest BCUT2D eigenvalue weighted by Gasteiger charge is -2.29. The summed E-state index contributed by atoms with van der Waals surface area (Å²) in [6.45, 7) is 6.22. The number of amides is 4. The van der Waals surface area contributed by atoms with Crippen molar-refractivity contribution in [3.05, 3.63) is 78.4 Å². The molecule has 1 saturated carbocycles. The number of hydrogen-bond donors (Lipinski definition) is 5. The Morgan fingerprint density at radius 1 is 0.887 bits per heavy atom. The molecule has 1 aliphatic carbocycles. The van der Waals surface area contributed by atoms with Crippen molar-refractivity contribution in [2.24, 2.45) is 11.8 Å². The number of tetrazole rings is 1. The summed E-state index contributed by atoms with van der Waals surface area (Å²) in [6.07, 6.45) is 2.66. The molecule has 0 unspecified atom stereocenters. The van der Waals surface area contributed by atoms with Crippen molar-refractivity contribution in [1.29, 1.82) is 0 Å². The molecule has 14 nitrogen and oxygen atoms in total. The molecule has 0 aliphatic heterocycles. The fourth-order valence-electron chi connectivity index (χ4n) is 6.26. The van der Waals surface area contributed by atoms with Crippen LogP contribution in [0.1, 0.15) is 52.0 Å². The van der Waals surface area contributed by atoms with Gasteiger partial charge in [-0.15, -0.1) is 10.2 Å². The van der Waals surface area contributed by atoms with Gasteiger partial charge in [-0.25, -0.2) is 4.79 Å². The summed E-state index contributed by atoms with van der Waals surface area (Å²) in [6, 6.07) is 21.6. The summed E-state index contributed by atoms with van der Waals surface area (Å²) >= 11 is 0. The van der Waals surface area contributed by atoms with Crippen molar-refractivity contribution in [1.82, 2.24) is 36.2 Å². The van der Waals surface area contributed by atoms with Crippen molar-refractivity contribution in [2.75, 3.05) is 37.8 Å². The molecule has 1 fully saturated rings. The van der Waals surface area contributed by atoms with Gasteiger partial charge in [-0.3, -0.25) is 14.4 Å². The predicted molar refractivity (Wildman–Crippen MR) is 203 cm³/mol. The first-order valence-corrected chi connectivity index (χ1v) is 17.9. The highest BCUT2D eigenvalue weighted by Crippen LogP contribution is 2.30. The molecule has 1 aliphatic rings. The van der Waals surface area contributed by atoms with E-state index in [1.807, 2.05) is 83.4 Å². The number of aromatic nitrogens is 4. The van der Waals surface area contributed by atoms with Gasteiger partial charge in [-0.1, -0.05) is 42.5 Å². The van der Waals surface area contributed by atoms with Gasteiger partial charge in [0, 0.05) is 41.4 Å². The summed E-state index contributed by atoms with van der Waals surface area (Å²) in [4.78, 5) is 53.9. The Hall–Kier alpha value is -5.63. The standard InChI is InChI=1S/C39H49N9O5/c1-39(2,3)53-38(52)40-23-26-12-16-29(17-13-26)36(50)43-33(37(51)41-30-20-18-28(19-21-30)35-44-46-47-45-35)22-25-10-14-27(15-11-25)31-8-6-7-9-32(31)42-34(49)24-48(4)5/h6-11,14-15,18-21,26,29,33H,12-13,16-17,22-24H2,1-5H3,(H,40,52)(H,41,51)(H,42,49)(H,43,50)(H,44,45,46,47)/t26?,29?,33-/m0/s1. The number of ether oxygens (including phenoxy) is 1. The highest BCUT2D eigenvalue weighted by molar-refractivity contribution is 5.98. The largest absolute Gasteiger partial charge is 0.444 e. The quantitative estimate of drug-likeness (QED) is 0.126. The molecule has 5 N–H and O–H groups in total. The number of likely N-dealkylation sites (N-methyl/N-ethyl adjacent to an activating group) is 1. The van der Waals surface area contributed by atoms with Gasteiger partial charge < -0.3 is 30.9 Å². The third-order valence-corrected chi connectivity index (χ3v) is 8.91. The van der Waals surface area contributed by atoms with Crippen molar-refractivity contribution < 1.29 is 23.9 Å². The molecular formula is C39H49N9O5. The molecule has 0 saturated heterocycles. The summed E-state index contributed by atoms with van der Waals surface area (Å²) < 4.78 is 5.35. The molecule has 0 spiro atoms. The van der Waals surface area contributed by atoms with Crippen LogP contribution in [-0.4, -0.2) is 88.2 Å². The van der Waals surface area contributed by atoms with E-state index in [2.05, 4.69) is 41.9 Å². The minimum atomic E-state index is -0.852. The second-order valence-electron chi connectivity index (χ2n) is 14.7. The van der Waals surface area contributed by atoms with E-state index >= 15 is 0 Å². The third-order valence-electron chi connectivity index (χ3n) is 8.91. The van der Waals surface area contributed by atoms with E-state index in [-0.39, 0.29) is 42.5 Å². The SMILES string of the molecule is CN(C)CC(=O)Nc1ccccc1-c1ccc(C[C@H](NC(=O)C2CCC(CNC(=O)OC(C)(C)C)CC2)C(=O)Nc2ccc(-c3nn[nH]n3)cc2)cc1. The Morgan fingerprint density at radius 3 is 2.21 bits per heavy atom. The first kappa shape index (κ1) is 38.6. The molecule has 1 atom stereocenters. The average molecular weight is 724 g/mol. The van der Waals surface area contributed by atoms with Crippen LogP contribution in [0.5, 0.6) is 0 Å². The zero-order chi connectivity index (χ0) is 38.0. The summed E-state index contributed by atoms with van der Waals surface area (Å²) in [7, 11) is 3.68. The van der Waals surface area contributed by atoms with Crippen LogP contribution >= 0.6 is 0 Å². The highest BCUT2D eigenvalue weighted by atomic mass is 16.6. The number of carbonyl (C=O) groups is 4. The van der Waals surface area contributed by atoms with Gasteiger partial charge in [0.25, 0.3) is 0 Å². The van der Waals surface area contributed by atoms with Crippen molar-refractivity contribution in [3.63, 3.8) is 0 Å². The summed E-state index contributed by atoms with van der Waals surface area (Å²) in [5, 5.41) is 25.8. The lowest BCUT2D eigenvalue weighted by atomic mass is 9.81. The van der Waals surface area contributed by atoms with Gasteiger partial charge in [0.2, 0.25) is 23.5 Å². The number of anilines is 2. The van der Waals surface area contributed by atoms with E-state index in [0.29, 0.717) is 36.6 Å². The molecule has 4 aromatic rings. The van der Waals surface area contributed by atoms with Crippen LogP contribution in [0.15, 0.2) is 72.8 Å². The molecule has 53 heavy (non-hydrogen) atoms. The second kappa shape index (κ2) is 17.7. The van der Waals surface area contributed by atoms with Crippen LogP contribution in [0.2, 0.25) is 0 Å². The number of nitrogens with zero attached hydrogens (tertiary/aromatic N) is 4. The number of benzene rings is 3. The number of hydrogen-bond acceptors (Lipinski definition) is 9. The number of alkyl carbamates (subject to hydrolysis) is 1. The molecule has 4 amide bonds. The van der Waals surface area contributed by atoms with Gasteiger partial charge in [-0.05, 0) is 113 Å². The second-order valence-corrected chi connectivity index (χ2v) is 14.7. The van der Waals surface area contributed by atoms with Crippen LogP contribution < -0.4 is 21.3 Å². The van der Waals surface area contributed by atoms with E-state index in [0.717, 1.165) is 35.1 Å². The maximum atomic E-state index is 13.8. The fourth-order valence-corrected chi connectivity index (χ4v) is 6.26. The molecule has 14 heteroatoms. The molecule has 0 radical (unpaired) electrons. The van der Waals surface area contributed by atoms with Crippen LogP contribution in [0.4, 0.5) is 16.2 Å². The van der Waals surface area contributed by atoms with E-state index in [9.17, 15) is 19.2 Å². The van der Waals surface area contributed by atoms with Crippen molar-refractivity contribution >= 4 is 35.2 Å². The van der Waals surface area contributed by atoms with Crippen LogP contribution in [-0.2, 0) is 25.5 Å². The molecule has 0 bridgehead atoms. The van der Waals surface area contributed by atoms with Gasteiger partial charge >= 0.3 is 6.09 Å². The van der Waals surface area contributed by atoms with E-state index < -0.39 is 17.7 Å². The molecule has 5 rings (SSSR count). The fraction of sp³-hybridized carbons (Fsp3) is 0.410. The highest BCUT2D eigenvalue weighted by Gasteiger charge is 2.30. The zero-order valence-electron chi connectivity index (χ0n) is 30.9. The number of para-hydroxylation sites is 1. The van der Waals surface area contributed by atoms with Gasteiger partial charge in [0.1, 0.15) is 11.6 Å². The lowest BCUT2D eigenvalue weighted by molar-refractivity contribution is -0.130. The number of carbonyl (C=O) groups excluding carboxylic acids is 4. The van der Waals surface area contributed by atoms with Gasteiger partial charge in [0.05, 0.1) is 6.54 Å². The summed E-state index contributed by atoms with van der Waals surface area (Å²) in [5.41, 5.74) is 4.05. The average Bonchev–Trinajstić information content (AvgIpc) is 3.66. The summed E-state index contributed by atoms with van der Waals surface area (Å²) in [5.74, 6) is -0.205. The predicted octanol–water partition coefficient (Wildman–Crippen LogP) is 5.03. The van der Waals surface area contributed by atoms with Gasteiger partial charge in [-0.2, -0.15) is 5.21 Å². The normalized spacial score (nSPS) is 16.3. The maximum absolute atomic E-state index is 13.8.